The van der Waals surface area contributed by atoms with Crippen molar-refractivity contribution in [2.45, 2.75) is 128 Å². The molecule has 1 heterocycles. The van der Waals surface area contributed by atoms with Crippen molar-refractivity contribution < 1.29 is 39.5 Å². The Labute approximate surface area is 221 Å². The molecule has 0 aromatic heterocycles. The summed E-state index contributed by atoms with van der Waals surface area (Å²) in [6.07, 6.45) is 11.9. The summed E-state index contributed by atoms with van der Waals surface area (Å²) in [6.45, 7) is 2.88. The molecule has 1 rings (SSSR count). The van der Waals surface area contributed by atoms with Crippen LogP contribution in [0.4, 0.5) is 0 Å². The Kier molecular flexibility index (Phi) is 18.5. The summed E-state index contributed by atoms with van der Waals surface area (Å²) in [4.78, 5) is 23.6. The topological polar surface area (TPSA) is 158 Å². The van der Waals surface area contributed by atoms with Crippen LogP contribution in [-0.4, -0.2) is 88.7 Å². The highest BCUT2D eigenvalue weighted by molar-refractivity contribution is 5.80. The first kappa shape index (κ1) is 33.5. The molecule has 0 aromatic rings. The lowest BCUT2D eigenvalue weighted by atomic mass is 9.97. The average molecular weight is 531 g/mol. The number of aliphatic hydroxyl groups is 4. The molecule has 1 fully saturated rings. The normalized spacial score (nSPS) is 24.8. The predicted octanol–water partition coefficient (Wildman–Crippen LogP) is 1.68. The van der Waals surface area contributed by atoms with Gasteiger partial charge in [0.05, 0.1) is 13.2 Å². The number of carbonyl (C=O) groups is 2. The number of amides is 2. The van der Waals surface area contributed by atoms with Gasteiger partial charge in [-0.15, -0.1) is 0 Å². The van der Waals surface area contributed by atoms with Crippen molar-refractivity contribution in [3.63, 3.8) is 0 Å². The smallest absolute Gasteiger partial charge is 0.251 e. The second kappa shape index (κ2) is 20.4. The third-order valence-corrected chi connectivity index (χ3v) is 6.46. The van der Waals surface area contributed by atoms with Gasteiger partial charge in [0.1, 0.15) is 24.4 Å². The Morgan fingerprint density at radius 3 is 2.14 bits per heavy atom. The number of allylic oxidation sites excluding steroid dienone is 2. The second-order valence-electron chi connectivity index (χ2n) is 9.80. The largest absolute Gasteiger partial charge is 0.394 e. The number of unbranched alkanes of at least 4 members (excludes halogenated alkanes) is 10. The minimum absolute atomic E-state index is 0.444. The van der Waals surface area contributed by atoms with E-state index in [0.717, 1.165) is 25.7 Å². The van der Waals surface area contributed by atoms with E-state index in [-0.39, 0.29) is 0 Å². The number of hydrogen-bond donors (Lipinski definition) is 6. The average Bonchev–Trinajstić information content (AvgIpc) is 2.88. The molecule has 0 unspecified atom stereocenters. The van der Waals surface area contributed by atoms with Gasteiger partial charge < -0.3 is 40.5 Å². The highest BCUT2D eigenvalue weighted by Crippen LogP contribution is 2.22. The summed E-state index contributed by atoms with van der Waals surface area (Å²) < 4.78 is 10.8. The van der Waals surface area contributed by atoms with Crippen LogP contribution in [0.5, 0.6) is 0 Å². The van der Waals surface area contributed by atoms with Crippen LogP contribution >= 0.6 is 0 Å². The van der Waals surface area contributed by atoms with Crippen molar-refractivity contribution in [2.75, 3.05) is 19.8 Å². The second-order valence-corrected chi connectivity index (χ2v) is 9.80. The molecule has 0 radical (unpaired) electrons. The first-order chi connectivity index (χ1) is 17.8. The lowest BCUT2D eigenvalue weighted by Gasteiger charge is -2.42. The monoisotopic (exact) mass is 530 g/mol. The van der Waals surface area contributed by atoms with Crippen LogP contribution in [-0.2, 0) is 19.1 Å². The van der Waals surface area contributed by atoms with E-state index < -0.39 is 61.8 Å². The zero-order valence-electron chi connectivity index (χ0n) is 22.6. The summed E-state index contributed by atoms with van der Waals surface area (Å²) >= 11 is 0. The fourth-order valence-electron chi connectivity index (χ4n) is 4.22. The SMILES string of the molecule is CCCCCC/C=C\CCCCCCCCNC(=O)[C@H](O)CO[C@H]1O[C@H](CO)[C@@H](O)[C@H](O)[C@H]1NC(C)=O. The molecule has 2 amide bonds. The number of rotatable bonds is 20. The van der Waals surface area contributed by atoms with Gasteiger partial charge in [-0.3, -0.25) is 9.59 Å². The first-order valence-corrected chi connectivity index (χ1v) is 13.9. The van der Waals surface area contributed by atoms with E-state index in [1.807, 2.05) is 0 Å². The summed E-state index contributed by atoms with van der Waals surface area (Å²) in [5.41, 5.74) is 0. The highest BCUT2D eigenvalue weighted by Gasteiger charge is 2.45. The standard InChI is InChI=1S/C27H50N2O8/c1-3-4-5-6-7-8-9-10-11-12-13-14-15-16-17-28-26(35)21(32)19-36-27-23(29-20(2)31)25(34)24(33)22(18-30)37-27/h8-9,21-25,27,30,32-34H,3-7,10-19H2,1-2H3,(H,28,35)(H,29,31)/b9-8-/t21-,22-,23-,24-,25-,27+/m1/s1. The van der Waals surface area contributed by atoms with E-state index in [0.29, 0.717) is 6.54 Å². The van der Waals surface area contributed by atoms with Crippen LogP contribution < -0.4 is 10.6 Å². The Balaban J connectivity index is 2.16. The number of nitrogens with one attached hydrogen (secondary N) is 2. The molecule has 6 N–H and O–H groups in total. The van der Waals surface area contributed by atoms with Crippen LogP contribution in [0.15, 0.2) is 12.2 Å². The fourth-order valence-corrected chi connectivity index (χ4v) is 4.22. The molecule has 1 saturated heterocycles. The van der Waals surface area contributed by atoms with E-state index in [1.165, 1.54) is 58.3 Å². The fraction of sp³-hybridized carbons (Fsp3) is 0.852. The van der Waals surface area contributed by atoms with Crippen molar-refractivity contribution in [1.82, 2.24) is 10.6 Å². The molecule has 216 valence electrons. The Hall–Kier alpha value is -1.56. The summed E-state index contributed by atoms with van der Waals surface area (Å²) in [7, 11) is 0. The molecule has 0 aromatic carbocycles. The number of aliphatic hydroxyl groups excluding tert-OH is 4. The van der Waals surface area contributed by atoms with Gasteiger partial charge in [-0.2, -0.15) is 0 Å². The van der Waals surface area contributed by atoms with Crippen molar-refractivity contribution >= 4 is 11.8 Å². The maximum atomic E-state index is 12.2. The van der Waals surface area contributed by atoms with Gasteiger partial charge in [0.15, 0.2) is 12.4 Å². The van der Waals surface area contributed by atoms with Gasteiger partial charge in [-0.1, -0.05) is 64.0 Å². The zero-order valence-corrected chi connectivity index (χ0v) is 22.6. The lowest BCUT2D eigenvalue weighted by Crippen LogP contribution is -2.64. The summed E-state index contributed by atoms with van der Waals surface area (Å²) in [6, 6.07) is -1.13. The third kappa shape index (κ3) is 14.2. The van der Waals surface area contributed by atoms with Gasteiger partial charge in [-0.25, -0.2) is 0 Å². The third-order valence-electron chi connectivity index (χ3n) is 6.46. The maximum absolute atomic E-state index is 12.2. The Morgan fingerprint density at radius 2 is 1.54 bits per heavy atom. The van der Waals surface area contributed by atoms with E-state index >= 15 is 0 Å². The molecular formula is C27H50N2O8. The minimum Gasteiger partial charge on any atom is -0.394 e. The Bertz CT molecular complexity index is 648. The summed E-state index contributed by atoms with van der Waals surface area (Å²) in [5, 5.41) is 44.8. The quantitative estimate of drug-likeness (QED) is 0.103. The molecule has 0 aliphatic carbocycles. The van der Waals surface area contributed by atoms with Crippen molar-refractivity contribution in [1.29, 1.82) is 0 Å². The highest BCUT2D eigenvalue weighted by atomic mass is 16.7. The van der Waals surface area contributed by atoms with E-state index in [1.54, 1.807) is 0 Å². The van der Waals surface area contributed by atoms with Crippen LogP contribution in [0.1, 0.15) is 90.9 Å². The Morgan fingerprint density at radius 1 is 0.946 bits per heavy atom. The molecule has 0 bridgehead atoms. The van der Waals surface area contributed by atoms with E-state index in [9.17, 15) is 30.0 Å². The van der Waals surface area contributed by atoms with Crippen LogP contribution in [0.25, 0.3) is 0 Å². The van der Waals surface area contributed by atoms with Crippen molar-refractivity contribution in [3.05, 3.63) is 12.2 Å². The number of carbonyl (C=O) groups excluding carboxylic acids is 2. The van der Waals surface area contributed by atoms with Gasteiger partial charge >= 0.3 is 0 Å². The molecule has 6 atom stereocenters. The van der Waals surface area contributed by atoms with Gasteiger partial charge in [0, 0.05) is 13.5 Å². The van der Waals surface area contributed by atoms with Gasteiger partial charge in [-0.05, 0) is 32.1 Å². The molecule has 0 spiro atoms. The maximum Gasteiger partial charge on any atom is 0.251 e. The zero-order chi connectivity index (χ0) is 27.5. The lowest BCUT2D eigenvalue weighted by molar-refractivity contribution is -0.273. The van der Waals surface area contributed by atoms with Gasteiger partial charge in [0.25, 0.3) is 5.91 Å². The molecule has 1 aliphatic rings. The summed E-state index contributed by atoms with van der Waals surface area (Å²) in [5.74, 6) is -1.08. The van der Waals surface area contributed by atoms with Crippen LogP contribution in [0.3, 0.4) is 0 Å². The predicted molar refractivity (Wildman–Crippen MR) is 141 cm³/mol. The molecule has 37 heavy (non-hydrogen) atoms. The number of hydrogen-bond acceptors (Lipinski definition) is 8. The molecule has 1 aliphatic heterocycles. The van der Waals surface area contributed by atoms with Gasteiger partial charge in [0.2, 0.25) is 5.91 Å². The minimum atomic E-state index is -1.47. The molecule has 0 saturated carbocycles. The first-order valence-electron chi connectivity index (χ1n) is 13.9. The van der Waals surface area contributed by atoms with Crippen molar-refractivity contribution in [2.24, 2.45) is 0 Å². The van der Waals surface area contributed by atoms with Crippen molar-refractivity contribution in [3.8, 4) is 0 Å². The molecule has 10 nitrogen and oxygen atoms in total. The van der Waals surface area contributed by atoms with E-state index in [2.05, 4.69) is 29.7 Å². The molecule has 10 heteroatoms. The van der Waals surface area contributed by atoms with E-state index in [4.69, 9.17) is 9.47 Å². The van der Waals surface area contributed by atoms with Crippen LogP contribution in [0, 0.1) is 0 Å². The molecular weight excluding hydrogens is 480 g/mol. The number of ether oxygens (including phenoxy) is 2. The van der Waals surface area contributed by atoms with Crippen LogP contribution in [0.2, 0.25) is 0 Å².